The van der Waals surface area contributed by atoms with Gasteiger partial charge in [-0.2, -0.15) is 5.10 Å². The SMILES string of the molecule is CCNC(Cc1ncnn1C)c1cc(C)cc(Br)c1. The molecule has 0 radical (unpaired) electrons. The summed E-state index contributed by atoms with van der Waals surface area (Å²) in [7, 11) is 1.93. The van der Waals surface area contributed by atoms with E-state index >= 15 is 0 Å². The van der Waals surface area contributed by atoms with E-state index in [-0.39, 0.29) is 6.04 Å². The molecule has 102 valence electrons. The third-order valence-corrected chi connectivity index (χ3v) is 3.57. The molecule has 1 unspecified atom stereocenters. The van der Waals surface area contributed by atoms with Crippen molar-refractivity contribution in [2.24, 2.45) is 7.05 Å². The summed E-state index contributed by atoms with van der Waals surface area (Å²) in [6.45, 7) is 5.15. The molecule has 0 saturated carbocycles. The van der Waals surface area contributed by atoms with Gasteiger partial charge in [0.25, 0.3) is 0 Å². The average Bonchev–Trinajstić information content (AvgIpc) is 2.73. The molecule has 0 aliphatic carbocycles. The molecule has 19 heavy (non-hydrogen) atoms. The van der Waals surface area contributed by atoms with E-state index in [0.717, 1.165) is 23.3 Å². The number of likely N-dealkylation sites (N-methyl/N-ethyl adjacent to an activating group) is 1. The molecule has 2 rings (SSSR count). The molecule has 0 fully saturated rings. The Labute approximate surface area is 122 Å². The molecule has 4 nitrogen and oxygen atoms in total. The van der Waals surface area contributed by atoms with Crippen LogP contribution in [0.5, 0.6) is 0 Å². The molecular formula is C14H19BrN4. The number of aryl methyl sites for hydroxylation is 2. The molecule has 1 aromatic carbocycles. The van der Waals surface area contributed by atoms with Gasteiger partial charge in [0, 0.05) is 24.0 Å². The lowest BCUT2D eigenvalue weighted by Gasteiger charge is -2.18. The first-order valence-corrected chi connectivity index (χ1v) is 7.22. The van der Waals surface area contributed by atoms with Crippen molar-refractivity contribution in [3.05, 3.63) is 46.0 Å². The normalized spacial score (nSPS) is 12.6. The first-order valence-electron chi connectivity index (χ1n) is 6.43. The smallest absolute Gasteiger partial charge is 0.138 e. The first-order chi connectivity index (χ1) is 9.10. The van der Waals surface area contributed by atoms with Crippen LogP contribution in [0.3, 0.4) is 0 Å². The summed E-state index contributed by atoms with van der Waals surface area (Å²) in [5, 5.41) is 7.64. The average molecular weight is 323 g/mol. The highest BCUT2D eigenvalue weighted by atomic mass is 79.9. The Balaban J connectivity index is 2.26. The minimum atomic E-state index is 0.254. The fourth-order valence-corrected chi connectivity index (χ4v) is 2.83. The van der Waals surface area contributed by atoms with Crippen LogP contribution in [0.2, 0.25) is 0 Å². The third-order valence-electron chi connectivity index (χ3n) is 3.11. The van der Waals surface area contributed by atoms with Crippen LogP contribution in [0.25, 0.3) is 0 Å². The molecule has 1 heterocycles. The van der Waals surface area contributed by atoms with Gasteiger partial charge >= 0.3 is 0 Å². The third kappa shape index (κ3) is 3.64. The van der Waals surface area contributed by atoms with Crippen LogP contribution in [0, 0.1) is 6.92 Å². The summed E-state index contributed by atoms with van der Waals surface area (Å²) in [4.78, 5) is 4.31. The predicted molar refractivity (Wildman–Crippen MR) is 80.0 cm³/mol. The minimum absolute atomic E-state index is 0.254. The van der Waals surface area contributed by atoms with Gasteiger partial charge in [-0.15, -0.1) is 0 Å². The molecule has 1 aromatic heterocycles. The fraction of sp³-hybridized carbons (Fsp3) is 0.429. The maximum atomic E-state index is 4.31. The highest BCUT2D eigenvalue weighted by molar-refractivity contribution is 9.10. The summed E-state index contributed by atoms with van der Waals surface area (Å²) < 4.78 is 2.94. The van der Waals surface area contributed by atoms with Crippen LogP contribution in [-0.4, -0.2) is 21.3 Å². The Hall–Kier alpha value is -1.20. The standard InChI is InChI=1S/C14H19BrN4/c1-4-16-13(8-14-17-9-18-19(14)3)11-5-10(2)6-12(15)7-11/h5-7,9,13,16H,4,8H2,1-3H3. The van der Waals surface area contributed by atoms with E-state index in [1.165, 1.54) is 11.1 Å². The van der Waals surface area contributed by atoms with E-state index in [4.69, 9.17) is 0 Å². The van der Waals surface area contributed by atoms with Crippen LogP contribution < -0.4 is 5.32 Å². The van der Waals surface area contributed by atoms with Crippen LogP contribution in [0.15, 0.2) is 29.0 Å². The number of hydrogen-bond donors (Lipinski definition) is 1. The summed E-state index contributed by atoms with van der Waals surface area (Å²) in [5.74, 6) is 0.989. The van der Waals surface area contributed by atoms with Crippen molar-refractivity contribution < 1.29 is 0 Å². The lowest BCUT2D eigenvalue weighted by Crippen LogP contribution is -2.24. The van der Waals surface area contributed by atoms with Gasteiger partial charge in [0.2, 0.25) is 0 Å². The van der Waals surface area contributed by atoms with Crippen molar-refractivity contribution in [2.75, 3.05) is 6.54 Å². The van der Waals surface area contributed by atoms with Gasteiger partial charge < -0.3 is 5.32 Å². The second kappa shape index (κ2) is 6.30. The highest BCUT2D eigenvalue weighted by Crippen LogP contribution is 2.23. The zero-order valence-electron chi connectivity index (χ0n) is 11.5. The van der Waals surface area contributed by atoms with Crippen LogP contribution in [0.4, 0.5) is 0 Å². The van der Waals surface area contributed by atoms with E-state index in [2.05, 4.69) is 63.4 Å². The quantitative estimate of drug-likeness (QED) is 0.920. The van der Waals surface area contributed by atoms with Gasteiger partial charge in [0.15, 0.2) is 0 Å². The van der Waals surface area contributed by atoms with Gasteiger partial charge in [-0.1, -0.05) is 28.9 Å². The van der Waals surface area contributed by atoms with Gasteiger partial charge in [-0.25, -0.2) is 4.98 Å². The van der Waals surface area contributed by atoms with Crippen LogP contribution in [-0.2, 0) is 13.5 Å². The van der Waals surface area contributed by atoms with Crippen molar-refractivity contribution in [2.45, 2.75) is 26.3 Å². The molecule has 2 aromatic rings. The molecule has 0 aliphatic heterocycles. The van der Waals surface area contributed by atoms with E-state index in [0.29, 0.717) is 0 Å². The molecule has 0 aliphatic rings. The summed E-state index contributed by atoms with van der Waals surface area (Å²) in [6, 6.07) is 6.75. The largest absolute Gasteiger partial charge is 0.310 e. The zero-order valence-corrected chi connectivity index (χ0v) is 13.1. The summed E-state index contributed by atoms with van der Waals surface area (Å²) in [6.07, 6.45) is 2.44. The van der Waals surface area contributed by atoms with Crippen molar-refractivity contribution in [1.29, 1.82) is 0 Å². The predicted octanol–water partition coefficient (Wildman–Crippen LogP) is 2.78. The number of benzene rings is 1. The first kappa shape index (κ1) is 14.2. The molecule has 0 spiro atoms. The molecule has 0 saturated heterocycles. The minimum Gasteiger partial charge on any atom is -0.310 e. The molecule has 0 bridgehead atoms. The zero-order chi connectivity index (χ0) is 13.8. The van der Waals surface area contributed by atoms with Crippen molar-refractivity contribution in [1.82, 2.24) is 20.1 Å². The summed E-state index contributed by atoms with van der Waals surface area (Å²) in [5.41, 5.74) is 2.53. The summed E-state index contributed by atoms with van der Waals surface area (Å²) >= 11 is 3.56. The Morgan fingerprint density at radius 2 is 2.16 bits per heavy atom. The number of nitrogens with zero attached hydrogens (tertiary/aromatic N) is 3. The number of hydrogen-bond acceptors (Lipinski definition) is 3. The Morgan fingerprint density at radius 3 is 2.74 bits per heavy atom. The molecular weight excluding hydrogens is 304 g/mol. The molecule has 1 N–H and O–H groups in total. The highest BCUT2D eigenvalue weighted by Gasteiger charge is 2.15. The lowest BCUT2D eigenvalue weighted by atomic mass is 10.0. The number of rotatable bonds is 5. The Kier molecular flexibility index (Phi) is 4.71. The van der Waals surface area contributed by atoms with Crippen LogP contribution >= 0.6 is 15.9 Å². The van der Waals surface area contributed by atoms with Gasteiger partial charge in [0.05, 0.1) is 0 Å². The molecule has 1 atom stereocenters. The number of nitrogens with one attached hydrogen (secondary N) is 1. The fourth-order valence-electron chi connectivity index (χ4n) is 2.21. The second-order valence-corrected chi connectivity index (χ2v) is 5.59. The monoisotopic (exact) mass is 322 g/mol. The van der Waals surface area contributed by atoms with Crippen molar-refractivity contribution in [3.8, 4) is 0 Å². The van der Waals surface area contributed by atoms with E-state index in [9.17, 15) is 0 Å². The second-order valence-electron chi connectivity index (χ2n) is 4.68. The van der Waals surface area contributed by atoms with E-state index in [1.807, 2.05) is 11.7 Å². The van der Waals surface area contributed by atoms with Crippen LogP contribution in [0.1, 0.15) is 29.9 Å². The van der Waals surface area contributed by atoms with Crippen molar-refractivity contribution >= 4 is 15.9 Å². The van der Waals surface area contributed by atoms with E-state index in [1.54, 1.807) is 6.33 Å². The molecule has 0 amide bonds. The Morgan fingerprint density at radius 1 is 1.37 bits per heavy atom. The topological polar surface area (TPSA) is 42.7 Å². The van der Waals surface area contributed by atoms with Crippen molar-refractivity contribution in [3.63, 3.8) is 0 Å². The van der Waals surface area contributed by atoms with Gasteiger partial charge in [-0.3, -0.25) is 4.68 Å². The van der Waals surface area contributed by atoms with E-state index < -0.39 is 0 Å². The Bertz CT molecular complexity index is 530. The maximum absolute atomic E-state index is 4.31. The number of halogens is 1. The maximum Gasteiger partial charge on any atom is 0.138 e. The lowest BCUT2D eigenvalue weighted by molar-refractivity contribution is 0.522. The van der Waals surface area contributed by atoms with Gasteiger partial charge in [-0.05, 0) is 36.7 Å². The molecule has 5 heteroatoms. The number of aromatic nitrogens is 3. The van der Waals surface area contributed by atoms with Gasteiger partial charge in [0.1, 0.15) is 12.2 Å².